The van der Waals surface area contributed by atoms with Gasteiger partial charge in [-0.05, 0) is 26.0 Å². The molecular formula is C23H26F2N4O4. The fourth-order valence-corrected chi connectivity index (χ4v) is 4.70. The number of pyridine rings is 1. The van der Waals surface area contributed by atoms with Crippen molar-refractivity contribution in [2.75, 3.05) is 50.8 Å². The molecule has 2 aromatic rings. The Hall–Kier alpha value is -2.98. The van der Waals surface area contributed by atoms with Gasteiger partial charge >= 0.3 is 0 Å². The Morgan fingerprint density at radius 2 is 2.06 bits per heavy atom. The monoisotopic (exact) mass is 460 g/mol. The molecule has 3 aliphatic rings. The van der Waals surface area contributed by atoms with E-state index in [4.69, 9.17) is 9.47 Å². The number of phenols is 1. The molecule has 2 fully saturated rings. The van der Waals surface area contributed by atoms with E-state index in [1.807, 2.05) is 18.7 Å². The number of rotatable bonds is 2. The highest BCUT2D eigenvalue weighted by Gasteiger charge is 2.40. The van der Waals surface area contributed by atoms with E-state index < -0.39 is 28.7 Å². The number of halogens is 2. The normalized spacial score (nSPS) is 22.3. The van der Waals surface area contributed by atoms with Gasteiger partial charge in [0.2, 0.25) is 0 Å². The largest absolute Gasteiger partial charge is 0.507 e. The summed E-state index contributed by atoms with van der Waals surface area (Å²) >= 11 is 0. The highest BCUT2D eigenvalue weighted by molar-refractivity contribution is 6.03. The van der Waals surface area contributed by atoms with Crippen LogP contribution in [0.3, 0.4) is 0 Å². The minimum Gasteiger partial charge on any atom is -0.507 e. The van der Waals surface area contributed by atoms with Crippen LogP contribution in [-0.4, -0.2) is 78.5 Å². The zero-order valence-electron chi connectivity index (χ0n) is 18.5. The van der Waals surface area contributed by atoms with Crippen molar-refractivity contribution in [3.8, 4) is 22.8 Å². The molecule has 0 spiro atoms. The Morgan fingerprint density at radius 3 is 2.82 bits per heavy atom. The Kier molecular flexibility index (Phi) is 5.37. The second kappa shape index (κ2) is 8.11. The number of nitrogens with one attached hydrogen (secondary N) is 1. The lowest BCUT2D eigenvalue weighted by atomic mass is 10.0. The van der Waals surface area contributed by atoms with Crippen LogP contribution >= 0.6 is 0 Å². The number of fused-ring (bicyclic) bond motifs is 2. The number of morpholine rings is 1. The Balaban J connectivity index is 1.74. The highest BCUT2D eigenvalue weighted by Crippen LogP contribution is 2.42. The predicted octanol–water partition coefficient (Wildman–Crippen LogP) is 2.15. The maximum Gasteiger partial charge on any atom is 0.261 e. The highest BCUT2D eigenvalue weighted by atomic mass is 19.1. The number of phenolic OH excluding ortho intramolecular Hbond substituents is 1. The van der Waals surface area contributed by atoms with Gasteiger partial charge in [0.1, 0.15) is 35.2 Å². The number of aromatic nitrogens is 1. The standard InChI is InChI=1S/C23H26F2N4O4/c1-23(2)12-28(8-9-33-23)21-17-20(32-11-13-10-26-6-7-29(13)22(17)31)18(25)19(27-21)16-14(24)4-3-5-15(16)30/h3-5,13,26,30H,6-12H2,1-2H3/t13-/m1/s1. The smallest absolute Gasteiger partial charge is 0.261 e. The minimum absolute atomic E-state index is 0.0224. The third-order valence-electron chi connectivity index (χ3n) is 6.27. The van der Waals surface area contributed by atoms with Crippen molar-refractivity contribution in [1.82, 2.24) is 15.2 Å². The first-order valence-corrected chi connectivity index (χ1v) is 11.0. The van der Waals surface area contributed by atoms with Crippen LogP contribution in [0.5, 0.6) is 11.5 Å². The number of anilines is 1. The number of piperazine rings is 1. The number of benzene rings is 1. The van der Waals surface area contributed by atoms with Crippen LogP contribution in [0.2, 0.25) is 0 Å². The van der Waals surface area contributed by atoms with Gasteiger partial charge in [0, 0.05) is 32.7 Å². The van der Waals surface area contributed by atoms with Gasteiger partial charge in [-0.3, -0.25) is 4.79 Å². The second-order valence-electron chi connectivity index (χ2n) is 9.13. The number of hydrogen-bond donors (Lipinski definition) is 2. The third kappa shape index (κ3) is 3.76. The van der Waals surface area contributed by atoms with Gasteiger partial charge in [0.15, 0.2) is 11.6 Å². The summed E-state index contributed by atoms with van der Waals surface area (Å²) in [6, 6.07) is 3.45. The predicted molar refractivity (Wildman–Crippen MR) is 117 cm³/mol. The molecule has 5 rings (SSSR count). The van der Waals surface area contributed by atoms with Crippen molar-refractivity contribution in [2.45, 2.75) is 25.5 Å². The Morgan fingerprint density at radius 1 is 1.24 bits per heavy atom. The number of hydrogen-bond acceptors (Lipinski definition) is 7. The quantitative estimate of drug-likeness (QED) is 0.710. The molecule has 1 aromatic carbocycles. The Labute approximate surface area is 190 Å². The SMILES string of the molecule is CC1(C)CN(c2nc(-c3c(O)cccc3F)c(F)c3c2C(=O)N2CCNC[C@@H]2CO3)CCO1. The van der Waals surface area contributed by atoms with E-state index in [9.17, 15) is 14.3 Å². The molecule has 0 aliphatic carbocycles. The first-order chi connectivity index (χ1) is 15.8. The van der Waals surface area contributed by atoms with Gasteiger partial charge in [0.05, 0.1) is 23.8 Å². The van der Waals surface area contributed by atoms with Gasteiger partial charge in [-0.1, -0.05) is 6.07 Å². The molecule has 2 saturated heterocycles. The van der Waals surface area contributed by atoms with Crippen LogP contribution < -0.4 is 15.0 Å². The topological polar surface area (TPSA) is 87.2 Å². The summed E-state index contributed by atoms with van der Waals surface area (Å²) in [5, 5.41) is 13.6. The molecule has 2 N–H and O–H groups in total. The zero-order valence-corrected chi connectivity index (χ0v) is 18.5. The second-order valence-corrected chi connectivity index (χ2v) is 9.13. The molecule has 1 aromatic heterocycles. The fourth-order valence-electron chi connectivity index (χ4n) is 4.70. The van der Waals surface area contributed by atoms with E-state index in [1.54, 1.807) is 4.90 Å². The van der Waals surface area contributed by atoms with E-state index in [0.717, 1.165) is 6.07 Å². The molecule has 1 atom stereocenters. The summed E-state index contributed by atoms with van der Waals surface area (Å²) in [6.07, 6.45) is 0. The number of carbonyl (C=O) groups is 1. The minimum atomic E-state index is -0.970. The van der Waals surface area contributed by atoms with E-state index in [1.165, 1.54) is 12.1 Å². The van der Waals surface area contributed by atoms with Gasteiger partial charge in [-0.15, -0.1) is 0 Å². The molecule has 10 heteroatoms. The molecule has 176 valence electrons. The molecule has 0 unspecified atom stereocenters. The fraction of sp³-hybridized carbons (Fsp3) is 0.478. The summed E-state index contributed by atoms with van der Waals surface area (Å²) in [5.74, 6) is -2.68. The third-order valence-corrected chi connectivity index (χ3v) is 6.27. The summed E-state index contributed by atoms with van der Waals surface area (Å²) in [4.78, 5) is 21.6. The van der Waals surface area contributed by atoms with Crippen molar-refractivity contribution >= 4 is 11.7 Å². The molecule has 0 saturated carbocycles. The summed E-state index contributed by atoms with van der Waals surface area (Å²) < 4.78 is 42.2. The van der Waals surface area contributed by atoms with Crippen molar-refractivity contribution in [3.63, 3.8) is 0 Å². The van der Waals surface area contributed by atoms with Gasteiger partial charge < -0.3 is 29.7 Å². The average molecular weight is 460 g/mol. The number of carbonyl (C=O) groups excluding carboxylic acids is 1. The number of amides is 1. The molecular weight excluding hydrogens is 434 g/mol. The van der Waals surface area contributed by atoms with Crippen LogP contribution in [0.25, 0.3) is 11.3 Å². The Bertz CT molecular complexity index is 1090. The average Bonchev–Trinajstić information content (AvgIpc) is 2.92. The van der Waals surface area contributed by atoms with Crippen molar-refractivity contribution < 1.29 is 28.2 Å². The number of aromatic hydroxyl groups is 1. The van der Waals surface area contributed by atoms with Crippen LogP contribution in [0.15, 0.2) is 18.2 Å². The van der Waals surface area contributed by atoms with Crippen LogP contribution in [0, 0.1) is 11.6 Å². The first-order valence-electron chi connectivity index (χ1n) is 11.0. The molecule has 33 heavy (non-hydrogen) atoms. The summed E-state index contributed by atoms with van der Waals surface area (Å²) in [5.41, 5.74) is -1.27. The lowest BCUT2D eigenvalue weighted by Crippen LogP contribution is -2.55. The lowest BCUT2D eigenvalue weighted by molar-refractivity contribution is -0.0279. The van der Waals surface area contributed by atoms with E-state index in [2.05, 4.69) is 10.3 Å². The summed E-state index contributed by atoms with van der Waals surface area (Å²) in [7, 11) is 0. The maximum absolute atomic E-state index is 15.8. The first kappa shape index (κ1) is 21.8. The van der Waals surface area contributed by atoms with E-state index >= 15 is 4.39 Å². The number of ether oxygens (including phenoxy) is 2. The van der Waals surface area contributed by atoms with E-state index in [0.29, 0.717) is 39.3 Å². The van der Waals surface area contributed by atoms with Gasteiger partial charge in [0.25, 0.3) is 5.91 Å². The molecule has 3 aliphatic heterocycles. The van der Waals surface area contributed by atoms with Gasteiger partial charge in [-0.2, -0.15) is 0 Å². The number of nitrogens with zero attached hydrogens (tertiary/aromatic N) is 3. The zero-order chi connectivity index (χ0) is 23.3. The molecule has 8 nitrogen and oxygen atoms in total. The van der Waals surface area contributed by atoms with Crippen molar-refractivity contribution in [3.05, 3.63) is 35.4 Å². The summed E-state index contributed by atoms with van der Waals surface area (Å²) in [6.45, 7) is 6.69. The lowest BCUT2D eigenvalue weighted by Gasteiger charge is -2.40. The van der Waals surface area contributed by atoms with E-state index in [-0.39, 0.29) is 41.3 Å². The van der Waals surface area contributed by atoms with Gasteiger partial charge in [-0.25, -0.2) is 13.8 Å². The molecule has 1 amide bonds. The van der Waals surface area contributed by atoms with Crippen LogP contribution in [0.1, 0.15) is 24.2 Å². The van der Waals surface area contributed by atoms with Crippen molar-refractivity contribution in [2.24, 2.45) is 0 Å². The van der Waals surface area contributed by atoms with Crippen LogP contribution in [-0.2, 0) is 4.74 Å². The molecule has 0 radical (unpaired) electrons. The maximum atomic E-state index is 15.8. The van der Waals surface area contributed by atoms with Crippen LogP contribution in [0.4, 0.5) is 14.6 Å². The van der Waals surface area contributed by atoms with Crippen molar-refractivity contribution in [1.29, 1.82) is 0 Å². The molecule has 0 bridgehead atoms. The molecule has 4 heterocycles.